The fraction of sp³-hybridized carbons (Fsp3) is 0.389. The second-order valence-corrected chi connectivity index (χ2v) is 6.30. The average Bonchev–Trinajstić information content (AvgIpc) is 3.33. The van der Waals surface area contributed by atoms with Gasteiger partial charge in [-0.1, -0.05) is 20.8 Å². The standard InChI is InChI=1S/C18H21N7O/c1-4-11(5-2)15-20-9-13-17(26)22-14-12(6-3)21-18(23-16(14)25(13)15)24-8-7-19-10-24/h7-11H,4-6H2,1-3H3,(H,22,26). The minimum atomic E-state index is -0.170. The fourth-order valence-corrected chi connectivity index (χ4v) is 3.39. The summed E-state index contributed by atoms with van der Waals surface area (Å²) in [7, 11) is 0. The molecule has 4 aromatic rings. The molecular weight excluding hydrogens is 330 g/mol. The predicted molar refractivity (Wildman–Crippen MR) is 98.7 cm³/mol. The van der Waals surface area contributed by atoms with Gasteiger partial charge in [-0.3, -0.25) is 13.8 Å². The lowest BCUT2D eigenvalue weighted by atomic mass is 10.0. The first kappa shape index (κ1) is 16.4. The van der Waals surface area contributed by atoms with Crippen molar-refractivity contribution in [3.63, 3.8) is 0 Å². The third-order valence-electron chi connectivity index (χ3n) is 4.85. The molecule has 0 saturated carbocycles. The molecule has 0 aliphatic carbocycles. The number of H-pyrrole nitrogens is 1. The number of aryl methyl sites for hydroxylation is 1. The van der Waals surface area contributed by atoms with Crippen molar-refractivity contribution < 1.29 is 0 Å². The molecule has 0 amide bonds. The maximum atomic E-state index is 12.6. The normalized spacial score (nSPS) is 11.8. The Kier molecular flexibility index (Phi) is 4.02. The number of imidazole rings is 2. The lowest BCUT2D eigenvalue weighted by Crippen LogP contribution is -2.16. The maximum absolute atomic E-state index is 12.6. The van der Waals surface area contributed by atoms with Crippen molar-refractivity contribution in [2.24, 2.45) is 0 Å². The summed E-state index contributed by atoms with van der Waals surface area (Å²) in [5.41, 5.74) is 2.48. The molecule has 0 unspecified atom stereocenters. The first-order chi connectivity index (χ1) is 12.7. The Balaban J connectivity index is 2.14. The third kappa shape index (κ3) is 2.40. The molecule has 1 N–H and O–H groups in total. The Morgan fingerprint density at radius 2 is 2.00 bits per heavy atom. The van der Waals surface area contributed by atoms with Crippen LogP contribution in [0.1, 0.15) is 51.0 Å². The molecule has 4 heterocycles. The van der Waals surface area contributed by atoms with Gasteiger partial charge in [0, 0.05) is 18.3 Å². The van der Waals surface area contributed by atoms with Crippen LogP contribution < -0.4 is 5.56 Å². The van der Waals surface area contributed by atoms with Gasteiger partial charge in [-0.2, -0.15) is 4.98 Å². The van der Waals surface area contributed by atoms with Crippen molar-refractivity contribution in [2.45, 2.75) is 46.0 Å². The number of aromatic amines is 1. The van der Waals surface area contributed by atoms with Crippen LogP contribution in [0.2, 0.25) is 0 Å². The SMILES string of the molecule is CCc1nc(-n2ccnc2)nc2c1[nH]c(=O)c1cnc(C(CC)CC)n12. The number of rotatable bonds is 5. The summed E-state index contributed by atoms with van der Waals surface area (Å²) in [6, 6.07) is 0. The third-order valence-corrected chi connectivity index (χ3v) is 4.85. The number of nitrogens with one attached hydrogen (secondary N) is 1. The van der Waals surface area contributed by atoms with Crippen molar-refractivity contribution >= 4 is 16.7 Å². The highest BCUT2D eigenvalue weighted by Gasteiger charge is 2.20. The van der Waals surface area contributed by atoms with Crippen LogP contribution in [-0.2, 0) is 6.42 Å². The summed E-state index contributed by atoms with van der Waals surface area (Å²) >= 11 is 0. The van der Waals surface area contributed by atoms with E-state index in [1.807, 2.05) is 11.3 Å². The molecule has 0 radical (unpaired) electrons. The van der Waals surface area contributed by atoms with E-state index in [1.165, 1.54) is 0 Å². The molecule has 134 valence electrons. The van der Waals surface area contributed by atoms with Crippen LogP contribution in [0.15, 0.2) is 29.7 Å². The van der Waals surface area contributed by atoms with E-state index in [0.717, 1.165) is 24.4 Å². The van der Waals surface area contributed by atoms with Crippen LogP contribution in [0.5, 0.6) is 0 Å². The predicted octanol–water partition coefficient (Wildman–Crippen LogP) is 2.62. The topological polar surface area (TPSA) is 93.8 Å². The van der Waals surface area contributed by atoms with Gasteiger partial charge in [-0.15, -0.1) is 0 Å². The van der Waals surface area contributed by atoms with E-state index in [9.17, 15) is 4.79 Å². The van der Waals surface area contributed by atoms with Crippen molar-refractivity contribution in [3.8, 4) is 5.95 Å². The van der Waals surface area contributed by atoms with Gasteiger partial charge in [0.2, 0.25) is 5.95 Å². The lowest BCUT2D eigenvalue weighted by Gasteiger charge is -2.14. The minimum Gasteiger partial charge on any atom is -0.316 e. The lowest BCUT2D eigenvalue weighted by molar-refractivity contribution is 0.601. The van der Waals surface area contributed by atoms with Crippen LogP contribution in [-0.4, -0.2) is 33.9 Å². The summed E-state index contributed by atoms with van der Waals surface area (Å²) in [5.74, 6) is 1.67. The Morgan fingerprint density at radius 1 is 1.19 bits per heavy atom. The van der Waals surface area contributed by atoms with Gasteiger partial charge < -0.3 is 4.98 Å². The van der Waals surface area contributed by atoms with Crippen LogP contribution in [0, 0.1) is 0 Å². The Bertz CT molecular complexity index is 1120. The van der Waals surface area contributed by atoms with Gasteiger partial charge in [0.15, 0.2) is 5.65 Å². The summed E-state index contributed by atoms with van der Waals surface area (Å²) < 4.78 is 3.66. The van der Waals surface area contributed by atoms with E-state index in [4.69, 9.17) is 4.98 Å². The zero-order chi connectivity index (χ0) is 18.3. The maximum Gasteiger partial charge on any atom is 0.274 e. The van der Waals surface area contributed by atoms with Gasteiger partial charge in [-0.05, 0) is 19.3 Å². The number of aromatic nitrogens is 7. The van der Waals surface area contributed by atoms with E-state index < -0.39 is 0 Å². The van der Waals surface area contributed by atoms with Gasteiger partial charge in [0.25, 0.3) is 5.56 Å². The Morgan fingerprint density at radius 3 is 2.65 bits per heavy atom. The van der Waals surface area contributed by atoms with Gasteiger partial charge in [-0.25, -0.2) is 15.0 Å². The summed E-state index contributed by atoms with van der Waals surface area (Å²) in [4.78, 5) is 33.5. The van der Waals surface area contributed by atoms with Gasteiger partial charge in [0.1, 0.15) is 23.2 Å². The molecule has 26 heavy (non-hydrogen) atoms. The smallest absolute Gasteiger partial charge is 0.274 e. The van der Waals surface area contributed by atoms with Crippen molar-refractivity contribution in [3.05, 3.63) is 46.8 Å². The van der Waals surface area contributed by atoms with Gasteiger partial charge in [0.05, 0.1) is 11.9 Å². The van der Waals surface area contributed by atoms with Crippen LogP contribution in [0.25, 0.3) is 22.6 Å². The molecule has 0 aliphatic rings. The Labute approximate surface area is 150 Å². The molecule has 0 fully saturated rings. The molecule has 8 heteroatoms. The zero-order valence-corrected chi connectivity index (χ0v) is 15.1. The number of fused-ring (bicyclic) bond motifs is 3. The van der Waals surface area contributed by atoms with Crippen LogP contribution in [0.3, 0.4) is 0 Å². The molecule has 0 saturated heterocycles. The zero-order valence-electron chi connectivity index (χ0n) is 15.1. The number of nitrogens with zero attached hydrogens (tertiary/aromatic N) is 6. The summed E-state index contributed by atoms with van der Waals surface area (Å²) in [5, 5.41) is 0. The molecule has 0 aliphatic heterocycles. The molecule has 0 spiro atoms. The first-order valence-corrected chi connectivity index (χ1v) is 8.96. The monoisotopic (exact) mass is 351 g/mol. The first-order valence-electron chi connectivity index (χ1n) is 8.96. The molecule has 4 aromatic heterocycles. The van der Waals surface area contributed by atoms with Gasteiger partial charge >= 0.3 is 0 Å². The van der Waals surface area contributed by atoms with Crippen LogP contribution in [0.4, 0.5) is 0 Å². The van der Waals surface area contributed by atoms with Crippen molar-refractivity contribution in [1.82, 2.24) is 33.9 Å². The highest BCUT2D eigenvalue weighted by molar-refractivity contribution is 5.77. The van der Waals surface area contributed by atoms with Crippen molar-refractivity contribution in [2.75, 3.05) is 0 Å². The number of hydrogen-bond acceptors (Lipinski definition) is 5. The fourth-order valence-electron chi connectivity index (χ4n) is 3.39. The molecule has 0 atom stereocenters. The van der Waals surface area contributed by atoms with E-state index in [0.29, 0.717) is 29.0 Å². The Hall–Kier alpha value is -3.03. The van der Waals surface area contributed by atoms with E-state index in [-0.39, 0.29) is 11.5 Å². The second kappa shape index (κ2) is 6.36. The van der Waals surface area contributed by atoms with E-state index in [1.54, 1.807) is 29.5 Å². The molecule has 0 bridgehead atoms. The van der Waals surface area contributed by atoms with Crippen LogP contribution >= 0.6 is 0 Å². The highest BCUT2D eigenvalue weighted by Crippen LogP contribution is 2.25. The highest BCUT2D eigenvalue weighted by atomic mass is 16.1. The molecule has 0 aromatic carbocycles. The minimum absolute atomic E-state index is 0.170. The largest absolute Gasteiger partial charge is 0.316 e. The molecule has 8 nitrogen and oxygen atoms in total. The quantitative estimate of drug-likeness (QED) is 0.596. The average molecular weight is 351 g/mol. The summed E-state index contributed by atoms with van der Waals surface area (Å²) in [6.45, 7) is 6.28. The molecular formula is C18H21N7O. The summed E-state index contributed by atoms with van der Waals surface area (Å²) in [6.07, 6.45) is 9.37. The van der Waals surface area contributed by atoms with E-state index in [2.05, 4.69) is 33.8 Å². The van der Waals surface area contributed by atoms with Crippen molar-refractivity contribution in [1.29, 1.82) is 0 Å². The van der Waals surface area contributed by atoms with E-state index >= 15 is 0 Å². The second-order valence-electron chi connectivity index (χ2n) is 6.30. The molecule has 4 rings (SSSR count). The number of hydrogen-bond donors (Lipinski definition) is 1.